The molecule has 10 heavy (non-hydrogen) atoms. The van der Waals surface area contributed by atoms with E-state index in [0.29, 0.717) is 6.54 Å². The van der Waals surface area contributed by atoms with Gasteiger partial charge in [0.05, 0.1) is 6.67 Å². The standard InChI is InChI=1S/C5H16N4O/c1-2-5(7)3-9(4-6)8-10/h5,8,10H,2-4,6-7H2,1H3. The zero-order chi connectivity index (χ0) is 7.98. The second kappa shape index (κ2) is 5.57. The van der Waals surface area contributed by atoms with Gasteiger partial charge in [0.25, 0.3) is 0 Å². The highest BCUT2D eigenvalue weighted by Gasteiger charge is 2.04. The van der Waals surface area contributed by atoms with Crippen LogP contribution in [0.5, 0.6) is 0 Å². The molecule has 0 bridgehead atoms. The quantitative estimate of drug-likeness (QED) is 0.292. The molecule has 0 heterocycles. The summed E-state index contributed by atoms with van der Waals surface area (Å²) in [5.41, 5.74) is 12.8. The van der Waals surface area contributed by atoms with E-state index in [1.165, 1.54) is 5.01 Å². The molecule has 1 atom stereocenters. The smallest absolute Gasteiger partial charge is 0.0618 e. The molecule has 1 unspecified atom stereocenters. The van der Waals surface area contributed by atoms with Crippen LogP contribution in [0.4, 0.5) is 0 Å². The van der Waals surface area contributed by atoms with Crippen LogP contribution in [-0.2, 0) is 0 Å². The Morgan fingerprint density at radius 2 is 2.30 bits per heavy atom. The van der Waals surface area contributed by atoms with Crippen LogP contribution >= 0.6 is 0 Å². The second-order valence-corrected chi connectivity index (χ2v) is 2.17. The number of nitrogens with zero attached hydrogens (tertiary/aromatic N) is 1. The third-order valence-corrected chi connectivity index (χ3v) is 1.34. The minimum atomic E-state index is 0.0585. The maximum Gasteiger partial charge on any atom is 0.0618 e. The zero-order valence-corrected chi connectivity index (χ0v) is 6.25. The Kier molecular flexibility index (Phi) is 5.46. The molecule has 5 nitrogen and oxygen atoms in total. The summed E-state index contributed by atoms with van der Waals surface area (Å²) in [7, 11) is 0. The minimum Gasteiger partial charge on any atom is -0.326 e. The SMILES string of the molecule is CCC(N)CN(CN)NO. The van der Waals surface area contributed by atoms with E-state index in [4.69, 9.17) is 16.7 Å². The maximum atomic E-state index is 8.41. The van der Waals surface area contributed by atoms with Gasteiger partial charge in [0.15, 0.2) is 0 Å². The van der Waals surface area contributed by atoms with Gasteiger partial charge < -0.3 is 16.7 Å². The lowest BCUT2D eigenvalue weighted by Crippen LogP contribution is -2.46. The first-order valence-electron chi connectivity index (χ1n) is 3.34. The molecular weight excluding hydrogens is 132 g/mol. The molecule has 0 aliphatic carbocycles. The Bertz CT molecular complexity index is 76.0. The highest BCUT2D eigenvalue weighted by atomic mass is 16.5. The lowest BCUT2D eigenvalue weighted by atomic mass is 10.2. The van der Waals surface area contributed by atoms with Gasteiger partial charge >= 0.3 is 0 Å². The summed E-state index contributed by atoms with van der Waals surface area (Å²) in [6.07, 6.45) is 0.873. The van der Waals surface area contributed by atoms with E-state index in [-0.39, 0.29) is 12.7 Å². The summed E-state index contributed by atoms with van der Waals surface area (Å²) in [5.74, 6) is 0. The average Bonchev–Trinajstić information content (AvgIpc) is 1.99. The van der Waals surface area contributed by atoms with E-state index >= 15 is 0 Å². The lowest BCUT2D eigenvalue weighted by Gasteiger charge is -2.20. The fourth-order valence-corrected chi connectivity index (χ4v) is 0.568. The van der Waals surface area contributed by atoms with Gasteiger partial charge in [0.1, 0.15) is 0 Å². The first-order chi connectivity index (χ1) is 4.74. The summed E-state index contributed by atoms with van der Waals surface area (Å²) in [5, 5.41) is 9.85. The van der Waals surface area contributed by atoms with E-state index in [1.807, 2.05) is 12.5 Å². The van der Waals surface area contributed by atoms with Crippen LogP contribution in [-0.4, -0.2) is 29.5 Å². The van der Waals surface area contributed by atoms with Gasteiger partial charge in [-0.15, -0.1) is 5.59 Å². The molecule has 0 aliphatic rings. The van der Waals surface area contributed by atoms with Crippen LogP contribution in [0.3, 0.4) is 0 Å². The van der Waals surface area contributed by atoms with Crippen LogP contribution in [0.1, 0.15) is 13.3 Å². The van der Waals surface area contributed by atoms with Crippen molar-refractivity contribution >= 4 is 0 Å². The van der Waals surface area contributed by atoms with Crippen LogP contribution in [0, 0.1) is 0 Å². The molecule has 5 heteroatoms. The molecular formula is C5H16N4O. The van der Waals surface area contributed by atoms with Crippen molar-refractivity contribution in [3.63, 3.8) is 0 Å². The first kappa shape index (κ1) is 9.80. The number of hydrazine groups is 1. The molecule has 0 spiro atoms. The zero-order valence-electron chi connectivity index (χ0n) is 6.25. The van der Waals surface area contributed by atoms with Gasteiger partial charge in [0, 0.05) is 12.6 Å². The molecule has 0 saturated carbocycles. The van der Waals surface area contributed by atoms with Crippen molar-refractivity contribution in [2.75, 3.05) is 13.2 Å². The number of nitrogens with two attached hydrogens (primary N) is 2. The Labute approximate surface area is 60.9 Å². The fraction of sp³-hybridized carbons (Fsp3) is 1.00. The third-order valence-electron chi connectivity index (χ3n) is 1.34. The maximum absolute atomic E-state index is 8.41. The number of hydrogen-bond donors (Lipinski definition) is 4. The van der Waals surface area contributed by atoms with E-state index in [2.05, 4.69) is 0 Å². The molecule has 6 N–H and O–H groups in total. The van der Waals surface area contributed by atoms with E-state index in [0.717, 1.165) is 6.42 Å². The van der Waals surface area contributed by atoms with Gasteiger partial charge in [0.2, 0.25) is 0 Å². The van der Waals surface area contributed by atoms with Crippen LogP contribution in [0.2, 0.25) is 0 Å². The van der Waals surface area contributed by atoms with Crippen molar-refractivity contribution in [3.05, 3.63) is 0 Å². The molecule has 0 amide bonds. The second-order valence-electron chi connectivity index (χ2n) is 2.17. The van der Waals surface area contributed by atoms with Gasteiger partial charge in [-0.05, 0) is 6.42 Å². The van der Waals surface area contributed by atoms with Crippen molar-refractivity contribution < 1.29 is 5.21 Å². The van der Waals surface area contributed by atoms with Crippen molar-refractivity contribution in [1.82, 2.24) is 10.6 Å². The number of nitrogens with one attached hydrogen (secondary N) is 1. The summed E-state index contributed by atoms with van der Waals surface area (Å²) >= 11 is 0. The van der Waals surface area contributed by atoms with Crippen LogP contribution in [0.25, 0.3) is 0 Å². The lowest BCUT2D eigenvalue weighted by molar-refractivity contribution is -0.0218. The molecule has 0 aromatic carbocycles. The van der Waals surface area contributed by atoms with Gasteiger partial charge in [-0.2, -0.15) is 0 Å². The Balaban J connectivity index is 3.41. The molecule has 0 aromatic rings. The number of rotatable bonds is 5. The van der Waals surface area contributed by atoms with E-state index in [1.54, 1.807) is 0 Å². The van der Waals surface area contributed by atoms with Crippen molar-refractivity contribution in [3.8, 4) is 0 Å². The van der Waals surface area contributed by atoms with Gasteiger partial charge in [-0.1, -0.05) is 6.92 Å². The van der Waals surface area contributed by atoms with Crippen LogP contribution < -0.4 is 17.1 Å². The summed E-state index contributed by atoms with van der Waals surface area (Å²) in [6, 6.07) is 0.0585. The summed E-state index contributed by atoms with van der Waals surface area (Å²) < 4.78 is 0. The molecule has 0 aromatic heterocycles. The van der Waals surface area contributed by atoms with Crippen molar-refractivity contribution in [2.24, 2.45) is 11.5 Å². The largest absolute Gasteiger partial charge is 0.326 e. The molecule has 0 aliphatic heterocycles. The molecule has 0 fully saturated rings. The summed E-state index contributed by atoms with van der Waals surface area (Å²) in [6.45, 7) is 2.80. The molecule has 0 saturated heterocycles. The molecule has 0 rings (SSSR count). The third kappa shape index (κ3) is 3.76. The predicted molar refractivity (Wildman–Crippen MR) is 38.9 cm³/mol. The summed E-state index contributed by atoms with van der Waals surface area (Å²) in [4.78, 5) is 0. The Morgan fingerprint density at radius 1 is 1.70 bits per heavy atom. The minimum absolute atomic E-state index is 0.0585. The molecule has 0 radical (unpaired) electrons. The first-order valence-corrected chi connectivity index (χ1v) is 3.34. The average molecular weight is 148 g/mol. The molecule has 62 valence electrons. The van der Waals surface area contributed by atoms with Crippen molar-refractivity contribution in [2.45, 2.75) is 19.4 Å². The Hall–Kier alpha value is -0.200. The van der Waals surface area contributed by atoms with Crippen molar-refractivity contribution in [1.29, 1.82) is 0 Å². The van der Waals surface area contributed by atoms with E-state index < -0.39 is 0 Å². The topological polar surface area (TPSA) is 87.5 Å². The normalized spacial score (nSPS) is 14.1. The monoisotopic (exact) mass is 148 g/mol. The van der Waals surface area contributed by atoms with Crippen LogP contribution in [0.15, 0.2) is 0 Å². The predicted octanol–water partition coefficient (Wildman–Crippen LogP) is -1.16. The van der Waals surface area contributed by atoms with Gasteiger partial charge in [-0.25, -0.2) is 5.01 Å². The Morgan fingerprint density at radius 3 is 2.60 bits per heavy atom. The highest BCUT2D eigenvalue weighted by molar-refractivity contribution is 4.60. The van der Waals surface area contributed by atoms with Gasteiger partial charge in [-0.3, -0.25) is 0 Å². The number of hydrogen-bond acceptors (Lipinski definition) is 5. The van der Waals surface area contributed by atoms with E-state index in [9.17, 15) is 0 Å². The highest BCUT2D eigenvalue weighted by Crippen LogP contribution is 1.87. The fourth-order valence-electron chi connectivity index (χ4n) is 0.568.